The molecule has 9 N–H and O–H groups in total. The summed E-state index contributed by atoms with van der Waals surface area (Å²) in [7, 11) is 0. The van der Waals surface area contributed by atoms with Crippen molar-refractivity contribution >= 4 is 23.9 Å². The van der Waals surface area contributed by atoms with E-state index in [0.29, 0.717) is 5.56 Å². The van der Waals surface area contributed by atoms with Gasteiger partial charge in [0.15, 0.2) is 18.3 Å². The summed E-state index contributed by atoms with van der Waals surface area (Å²) >= 11 is 0. The van der Waals surface area contributed by atoms with Crippen molar-refractivity contribution in [3.63, 3.8) is 0 Å². The predicted molar refractivity (Wildman–Crippen MR) is 140 cm³/mol. The third kappa shape index (κ3) is 16.6. The molecule has 0 saturated heterocycles. The van der Waals surface area contributed by atoms with Gasteiger partial charge in [-0.2, -0.15) is 0 Å². The van der Waals surface area contributed by atoms with Gasteiger partial charge in [0.05, 0.1) is 0 Å². The molecular formula is C26H45NO11. The molecule has 1 saturated carbocycles. The molecule has 4 atom stereocenters. The van der Waals surface area contributed by atoms with Gasteiger partial charge < -0.3 is 41.5 Å². The number of carboxylic acid groups (broad SMARTS) is 4. The molecule has 0 amide bonds. The first kappa shape index (κ1) is 37.1. The standard InChI is InChI=1S/C8H14O3.C8H8O3.C5H11NO2.C5H10O3.H2/c2*9-7(8(10)11)6-4-2-1-3-5-6;2*1-3(2)4(6)5(7)8;/h6-7,9H,1-5H2,(H,10,11);1-5,7,9H,(H,10,11);3-4H,6H2,1-2H3,(H,7,8);3-4,6H,1-2H3,(H,7,8);1H. The van der Waals surface area contributed by atoms with Gasteiger partial charge in [0.1, 0.15) is 6.04 Å². The van der Waals surface area contributed by atoms with E-state index in [4.69, 9.17) is 41.5 Å². The highest BCUT2D eigenvalue weighted by Crippen LogP contribution is 2.26. The average Bonchev–Trinajstić information content (AvgIpc) is 2.88. The van der Waals surface area contributed by atoms with Gasteiger partial charge in [0, 0.05) is 1.43 Å². The Morgan fingerprint density at radius 3 is 1.47 bits per heavy atom. The number of aliphatic carboxylic acids is 4. The van der Waals surface area contributed by atoms with Gasteiger partial charge in [0.25, 0.3) is 0 Å². The maximum Gasteiger partial charge on any atom is 0.337 e. The molecule has 220 valence electrons. The Hall–Kier alpha value is -3.06. The summed E-state index contributed by atoms with van der Waals surface area (Å²) in [5, 5.41) is 60.0. The van der Waals surface area contributed by atoms with Crippen LogP contribution in [-0.4, -0.2) is 77.9 Å². The normalized spacial score (nSPS) is 16.2. The molecule has 1 aromatic carbocycles. The van der Waals surface area contributed by atoms with Gasteiger partial charge in [-0.25, -0.2) is 14.4 Å². The van der Waals surface area contributed by atoms with Crippen LogP contribution < -0.4 is 5.73 Å². The fraction of sp³-hybridized carbons (Fsp3) is 0.615. The number of aliphatic hydroxyl groups excluding tert-OH is 3. The van der Waals surface area contributed by atoms with Crippen molar-refractivity contribution in [1.29, 1.82) is 0 Å². The summed E-state index contributed by atoms with van der Waals surface area (Å²) in [6, 6.07) is 7.55. The number of hydrogen-bond acceptors (Lipinski definition) is 8. The first-order chi connectivity index (χ1) is 17.5. The van der Waals surface area contributed by atoms with E-state index < -0.39 is 48.2 Å². The lowest BCUT2D eigenvalue weighted by atomic mass is 9.85. The van der Waals surface area contributed by atoms with Crippen molar-refractivity contribution in [2.75, 3.05) is 0 Å². The second kappa shape index (κ2) is 20.0. The lowest BCUT2D eigenvalue weighted by Gasteiger charge is -2.23. The van der Waals surface area contributed by atoms with Crippen molar-refractivity contribution in [3.8, 4) is 0 Å². The summed E-state index contributed by atoms with van der Waals surface area (Å²) in [6.07, 6.45) is 1.30. The molecule has 1 aliphatic carbocycles. The Kier molecular flexibility index (Phi) is 19.5. The van der Waals surface area contributed by atoms with Crippen LogP contribution in [-0.2, 0) is 19.2 Å². The first-order valence-corrected chi connectivity index (χ1v) is 12.3. The predicted octanol–water partition coefficient (Wildman–Crippen LogP) is 2.21. The molecule has 12 heteroatoms. The Balaban J connectivity index is -0.000000445. The number of carboxylic acids is 4. The number of benzene rings is 1. The number of nitrogens with two attached hydrogens (primary N) is 1. The average molecular weight is 548 g/mol. The molecule has 1 aliphatic rings. The maximum atomic E-state index is 10.3. The molecule has 0 aliphatic heterocycles. The molecule has 0 aromatic heterocycles. The van der Waals surface area contributed by atoms with E-state index >= 15 is 0 Å². The van der Waals surface area contributed by atoms with E-state index in [0.717, 1.165) is 25.7 Å². The van der Waals surface area contributed by atoms with Crippen LogP contribution in [0.25, 0.3) is 0 Å². The van der Waals surface area contributed by atoms with Crippen LogP contribution in [0.1, 0.15) is 72.9 Å². The zero-order valence-corrected chi connectivity index (χ0v) is 22.3. The Bertz CT molecular complexity index is 806. The molecule has 38 heavy (non-hydrogen) atoms. The molecule has 12 nitrogen and oxygen atoms in total. The van der Waals surface area contributed by atoms with Gasteiger partial charge in [-0.1, -0.05) is 77.3 Å². The highest BCUT2D eigenvalue weighted by Gasteiger charge is 2.26. The highest BCUT2D eigenvalue weighted by molar-refractivity contribution is 5.74. The largest absolute Gasteiger partial charge is 0.480 e. The fourth-order valence-corrected chi connectivity index (χ4v) is 3.00. The van der Waals surface area contributed by atoms with Gasteiger partial charge in [-0.3, -0.25) is 4.79 Å². The van der Waals surface area contributed by atoms with Crippen LogP contribution in [0.15, 0.2) is 30.3 Å². The third-order valence-electron chi connectivity index (χ3n) is 5.59. The third-order valence-corrected chi connectivity index (χ3v) is 5.59. The van der Waals surface area contributed by atoms with E-state index in [2.05, 4.69) is 0 Å². The van der Waals surface area contributed by atoms with E-state index in [1.807, 2.05) is 0 Å². The molecule has 1 fully saturated rings. The maximum absolute atomic E-state index is 10.3. The number of hydrogen-bond donors (Lipinski definition) is 8. The van der Waals surface area contributed by atoms with Crippen LogP contribution in [0.3, 0.4) is 0 Å². The number of aliphatic hydroxyl groups is 3. The lowest BCUT2D eigenvalue weighted by Crippen LogP contribution is -2.34. The molecule has 0 heterocycles. The minimum atomic E-state index is -1.41. The molecular weight excluding hydrogens is 502 g/mol. The van der Waals surface area contributed by atoms with Crippen LogP contribution in [0, 0.1) is 17.8 Å². The zero-order chi connectivity index (χ0) is 30.0. The monoisotopic (exact) mass is 547 g/mol. The zero-order valence-electron chi connectivity index (χ0n) is 22.3. The van der Waals surface area contributed by atoms with Gasteiger partial charge >= 0.3 is 23.9 Å². The van der Waals surface area contributed by atoms with E-state index in [-0.39, 0.29) is 19.2 Å². The summed E-state index contributed by atoms with van der Waals surface area (Å²) in [5.41, 5.74) is 5.56. The minimum absolute atomic E-state index is 0. The van der Waals surface area contributed by atoms with Crippen molar-refractivity contribution in [2.24, 2.45) is 23.5 Å². The smallest absolute Gasteiger partial charge is 0.337 e. The molecule has 0 bridgehead atoms. The minimum Gasteiger partial charge on any atom is -0.480 e. The summed E-state index contributed by atoms with van der Waals surface area (Å²) in [5.74, 6) is -4.56. The second-order valence-electron chi connectivity index (χ2n) is 9.47. The highest BCUT2D eigenvalue weighted by atomic mass is 16.4. The van der Waals surface area contributed by atoms with Crippen LogP contribution in [0.2, 0.25) is 0 Å². The lowest BCUT2D eigenvalue weighted by molar-refractivity contribution is -0.150. The number of carbonyl (C=O) groups is 4. The van der Waals surface area contributed by atoms with Crippen molar-refractivity contribution in [2.45, 2.75) is 84.2 Å². The van der Waals surface area contributed by atoms with Crippen molar-refractivity contribution in [1.82, 2.24) is 0 Å². The summed E-state index contributed by atoms with van der Waals surface area (Å²) in [4.78, 5) is 40.5. The van der Waals surface area contributed by atoms with Crippen LogP contribution in [0.4, 0.5) is 0 Å². The second-order valence-corrected chi connectivity index (χ2v) is 9.47. The quantitative estimate of drug-likeness (QED) is 0.234. The molecule has 4 unspecified atom stereocenters. The Morgan fingerprint density at radius 2 is 1.21 bits per heavy atom. The SMILES string of the molecule is CC(C)C(N)C(=O)O.CC(C)C(O)C(=O)O.O=C(O)C(O)C1CCCCC1.O=C(O)C(O)c1ccccc1.[HH]. The summed E-state index contributed by atoms with van der Waals surface area (Å²) < 4.78 is 0. The van der Waals surface area contributed by atoms with Crippen molar-refractivity contribution < 1.29 is 56.4 Å². The molecule has 2 rings (SSSR count). The van der Waals surface area contributed by atoms with E-state index in [9.17, 15) is 19.2 Å². The van der Waals surface area contributed by atoms with Gasteiger partial charge in [-0.05, 0) is 36.2 Å². The van der Waals surface area contributed by atoms with Crippen molar-refractivity contribution in [3.05, 3.63) is 35.9 Å². The van der Waals surface area contributed by atoms with Gasteiger partial charge in [0.2, 0.25) is 0 Å². The number of rotatable bonds is 8. The van der Waals surface area contributed by atoms with E-state index in [1.165, 1.54) is 6.42 Å². The van der Waals surface area contributed by atoms with Crippen LogP contribution >= 0.6 is 0 Å². The Morgan fingerprint density at radius 1 is 0.737 bits per heavy atom. The summed E-state index contributed by atoms with van der Waals surface area (Å²) in [6.45, 7) is 6.86. The Labute approximate surface area is 224 Å². The van der Waals surface area contributed by atoms with Crippen LogP contribution in [0.5, 0.6) is 0 Å². The molecule has 0 radical (unpaired) electrons. The fourth-order valence-electron chi connectivity index (χ4n) is 3.00. The van der Waals surface area contributed by atoms with Gasteiger partial charge in [-0.15, -0.1) is 0 Å². The van der Waals surface area contributed by atoms with E-state index in [1.54, 1.807) is 58.0 Å². The molecule has 0 spiro atoms. The topological polar surface area (TPSA) is 236 Å². The molecule has 1 aromatic rings. The first-order valence-electron chi connectivity index (χ1n) is 12.3.